The third kappa shape index (κ3) is 5.24. The molecule has 3 rings (SSSR count). The fraction of sp³-hybridized carbons (Fsp3) is 0.400. The minimum absolute atomic E-state index is 0.0963. The molecule has 1 aromatic heterocycles. The maximum absolute atomic E-state index is 12.5. The van der Waals surface area contributed by atoms with Crippen molar-refractivity contribution in [2.75, 3.05) is 27.3 Å². The first-order valence-electron chi connectivity index (χ1n) is 9.12. The number of thiophene rings is 1. The number of methoxy groups -OCH3 is 2. The molecule has 1 aliphatic heterocycles. The number of carbonyl (C=O) groups is 2. The summed E-state index contributed by atoms with van der Waals surface area (Å²) < 4.78 is 10.5. The highest BCUT2D eigenvalue weighted by Gasteiger charge is 2.31. The second-order valence-electron chi connectivity index (χ2n) is 6.56. The minimum Gasteiger partial charge on any atom is -0.497 e. The molecule has 2 heterocycles. The molecular weight excluding hydrogens is 378 g/mol. The van der Waals surface area contributed by atoms with Crippen molar-refractivity contribution in [2.45, 2.75) is 25.6 Å². The van der Waals surface area contributed by atoms with E-state index >= 15 is 0 Å². The Balaban J connectivity index is 1.60. The largest absolute Gasteiger partial charge is 0.497 e. The Labute approximate surface area is 168 Å². The van der Waals surface area contributed by atoms with E-state index in [0.717, 1.165) is 12.1 Å². The molecule has 2 aromatic rings. The van der Waals surface area contributed by atoms with E-state index in [4.69, 9.17) is 9.47 Å². The summed E-state index contributed by atoms with van der Waals surface area (Å²) in [4.78, 5) is 28.1. The molecule has 8 heteroatoms. The van der Waals surface area contributed by atoms with Crippen LogP contribution in [-0.2, 0) is 22.7 Å². The van der Waals surface area contributed by atoms with E-state index in [1.54, 1.807) is 31.6 Å². The van der Waals surface area contributed by atoms with Gasteiger partial charge in [0.25, 0.3) is 0 Å². The normalized spacial score (nSPS) is 17.1. The van der Waals surface area contributed by atoms with Crippen LogP contribution < -0.4 is 20.1 Å². The number of nitrogens with one attached hydrogen (secondary N) is 2. The number of ether oxygens (including phenoxy) is 2. The van der Waals surface area contributed by atoms with E-state index in [2.05, 4.69) is 15.5 Å². The molecular formula is C20H25N3O4S. The van der Waals surface area contributed by atoms with Crippen molar-refractivity contribution < 1.29 is 19.1 Å². The Morgan fingerprint density at radius 3 is 2.68 bits per heavy atom. The Morgan fingerprint density at radius 1 is 1.29 bits per heavy atom. The lowest BCUT2D eigenvalue weighted by Crippen LogP contribution is -2.56. The molecule has 0 aliphatic carbocycles. The van der Waals surface area contributed by atoms with Crippen LogP contribution in [-0.4, -0.2) is 50.1 Å². The first kappa shape index (κ1) is 20.2. The van der Waals surface area contributed by atoms with Gasteiger partial charge in [-0.05, 0) is 29.1 Å². The summed E-state index contributed by atoms with van der Waals surface area (Å²) in [7, 11) is 3.17. The summed E-state index contributed by atoms with van der Waals surface area (Å²) in [5, 5.41) is 7.77. The lowest BCUT2D eigenvalue weighted by atomic mass is 10.1. The number of rotatable bonds is 8. The number of hydrogen-bond acceptors (Lipinski definition) is 6. The van der Waals surface area contributed by atoms with Gasteiger partial charge in [0.15, 0.2) is 0 Å². The van der Waals surface area contributed by atoms with Crippen LogP contribution in [0.15, 0.2) is 35.7 Å². The monoisotopic (exact) mass is 403 g/mol. The molecule has 1 aromatic carbocycles. The summed E-state index contributed by atoms with van der Waals surface area (Å²) in [6.07, 6.45) is 0.123. The highest BCUT2D eigenvalue weighted by atomic mass is 32.1. The van der Waals surface area contributed by atoms with Gasteiger partial charge < -0.3 is 20.1 Å². The summed E-state index contributed by atoms with van der Waals surface area (Å²) in [6, 6.07) is 9.05. The van der Waals surface area contributed by atoms with Gasteiger partial charge in [-0.25, -0.2) is 0 Å². The topological polar surface area (TPSA) is 79.9 Å². The summed E-state index contributed by atoms with van der Waals surface area (Å²) in [5.41, 5.74) is 0.869. The minimum atomic E-state index is -0.462. The molecule has 1 fully saturated rings. The van der Waals surface area contributed by atoms with Crippen LogP contribution >= 0.6 is 11.3 Å². The molecule has 0 saturated carbocycles. The second-order valence-corrected chi connectivity index (χ2v) is 7.59. The first-order chi connectivity index (χ1) is 13.6. The predicted octanol–water partition coefficient (Wildman–Crippen LogP) is 1.77. The number of carbonyl (C=O) groups excluding carboxylic acids is 2. The van der Waals surface area contributed by atoms with Crippen LogP contribution in [0.4, 0.5) is 0 Å². The number of nitrogens with zero attached hydrogens (tertiary/aromatic N) is 1. The standard InChI is InChI=1S/C20H25N3O4S/c1-26-15-8-14(9-16(10-15)27-2)12-22-19(24)11-18-20(25)21-5-6-23(18)13-17-4-3-7-28-17/h3-4,7-10,18H,5-6,11-13H2,1-2H3,(H,21,25)(H,22,24)/t18-/m0/s1. The fourth-order valence-corrected chi connectivity index (χ4v) is 3.92. The first-order valence-corrected chi connectivity index (χ1v) is 10.00. The van der Waals surface area contributed by atoms with Crippen LogP contribution in [0.2, 0.25) is 0 Å². The summed E-state index contributed by atoms with van der Waals surface area (Å²) in [5.74, 6) is 1.07. The third-order valence-electron chi connectivity index (χ3n) is 4.66. The molecule has 2 amide bonds. The maximum atomic E-state index is 12.5. The lowest BCUT2D eigenvalue weighted by molar-refractivity contribution is -0.134. The van der Waals surface area contributed by atoms with Gasteiger partial charge in [-0.3, -0.25) is 14.5 Å². The molecule has 1 saturated heterocycles. The van der Waals surface area contributed by atoms with Crippen molar-refractivity contribution in [1.82, 2.24) is 15.5 Å². The van der Waals surface area contributed by atoms with E-state index in [0.29, 0.717) is 31.1 Å². The summed E-state index contributed by atoms with van der Waals surface area (Å²) >= 11 is 1.66. The van der Waals surface area contributed by atoms with Crippen LogP contribution in [0.25, 0.3) is 0 Å². The lowest BCUT2D eigenvalue weighted by Gasteiger charge is -2.34. The predicted molar refractivity (Wildman–Crippen MR) is 108 cm³/mol. The van der Waals surface area contributed by atoms with Gasteiger partial charge in [0.1, 0.15) is 11.5 Å². The van der Waals surface area contributed by atoms with Crippen molar-refractivity contribution in [2.24, 2.45) is 0 Å². The zero-order valence-corrected chi connectivity index (χ0v) is 16.9. The van der Waals surface area contributed by atoms with Gasteiger partial charge in [0.05, 0.1) is 26.7 Å². The Kier molecular flexibility index (Phi) is 6.89. The maximum Gasteiger partial charge on any atom is 0.237 e. The van der Waals surface area contributed by atoms with Gasteiger partial charge in [-0.15, -0.1) is 11.3 Å². The average molecular weight is 404 g/mol. The molecule has 2 N–H and O–H groups in total. The zero-order valence-electron chi connectivity index (χ0n) is 16.1. The van der Waals surface area contributed by atoms with E-state index in [9.17, 15) is 9.59 Å². The zero-order chi connectivity index (χ0) is 19.9. The average Bonchev–Trinajstić information content (AvgIpc) is 3.21. The van der Waals surface area contributed by atoms with Crippen molar-refractivity contribution in [3.05, 3.63) is 46.2 Å². The van der Waals surface area contributed by atoms with E-state index in [1.165, 1.54) is 4.88 Å². The fourth-order valence-electron chi connectivity index (χ4n) is 3.19. The summed E-state index contributed by atoms with van der Waals surface area (Å²) in [6.45, 7) is 2.35. The Bertz CT molecular complexity index is 788. The van der Waals surface area contributed by atoms with Gasteiger partial charge >= 0.3 is 0 Å². The second kappa shape index (κ2) is 9.57. The molecule has 1 atom stereocenters. The smallest absolute Gasteiger partial charge is 0.237 e. The molecule has 0 unspecified atom stereocenters. The molecule has 0 bridgehead atoms. The van der Waals surface area contributed by atoms with Crippen LogP contribution in [0.5, 0.6) is 11.5 Å². The Morgan fingerprint density at radius 2 is 2.04 bits per heavy atom. The third-order valence-corrected chi connectivity index (χ3v) is 5.52. The number of amides is 2. The highest BCUT2D eigenvalue weighted by Crippen LogP contribution is 2.22. The van der Waals surface area contributed by atoms with Crippen molar-refractivity contribution in [1.29, 1.82) is 0 Å². The van der Waals surface area contributed by atoms with Crippen molar-refractivity contribution >= 4 is 23.2 Å². The number of benzene rings is 1. The van der Waals surface area contributed by atoms with E-state index < -0.39 is 6.04 Å². The molecule has 7 nitrogen and oxygen atoms in total. The molecule has 150 valence electrons. The van der Waals surface area contributed by atoms with Gasteiger partial charge in [-0.2, -0.15) is 0 Å². The van der Waals surface area contributed by atoms with Crippen LogP contribution in [0.1, 0.15) is 16.9 Å². The highest BCUT2D eigenvalue weighted by molar-refractivity contribution is 7.09. The molecule has 0 spiro atoms. The van der Waals surface area contributed by atoms with Crippen molar-refractivity contribution in [3.63, 3.8) is 0 Å². The molecule has 1 aliphatic rings. The van der Waals surface area contributed by atoms with E-state index in [1.807, 2.05) is 29.6 Å². The van der Waals surface area contributed by atoms with Crippen LogP contribution in [0, 0.1) is 0 Å². The van der Waals surface area contributed by atoms with Crippen LogP contribution in [0.3, 0.4) is 0 Å². The SMILES string of the molecule is COc1cc(CNC(=O)C[C@H]2C(=O)NCCN2Cc2cccs2)cc(OC)c1. The molecule has 28 heavy (non-hydrogen) atoms. The molecule has 0 radical (unpaired) electrons. The number of hydrogen-bond donors (Lipinski definition) is 2. The van der Waals surface area contributed by atoms with E-state index in [-0.39, 0.29) is 18.2 Å². The van der Waals surface area contributed by atoms with Gasteiger partial charge in [-0.1, -0.05) is 6.07 Å². The Hall–Kier alpha value is -2.58. The quantitative estimate of drug-likeness (QED) is 0.702. The van der Waals surface area contributed by atoms with Gasteiger partial charge in [0, 0.05) is 37.1 Å². The number of piperazine rings is 1. The van der Waals surface area contributed by atoms with Gasteiger partial charge in [0.2, 0.25) is 11.8 Å². The van der Waals surface area contributed by atoms with Crippen molar-refractivity contribution in [3.8, 4) is 11.5 Å².